The molecule has 1 aromatic carbocycles. The minimum Gasteiger partial charge on any atom is -0.489 e. The molecule has 0 aliphatic carbocycles. The van der Waals surface area contributed by atoms with Gasteiger partial charge in [-0.05, 0) is 12.1 Å². The molecule has 3 N–H and O–H groups in total. The third-order valence-electron chi connectivity index (χ3n) is 2.35. The second-order valence-electron chi connectivity index (χ2n) is 3.85. The molecular formula is C12H16F2N2O2. The monoisotopic (exact) mass is 258 g/mol. The summed E-state index contributed by atoms with van der Waals surface area (Å²) in [5.41, 5.74) is 5.33. The van der Waals surface area contributed by atoms with E-state index in [2.05, 4.69) is 5.32 Å². The van der Waals surface area contributed by atoms with Gasteiger partial charge in [-0.3, -0.25) is 4.79 Å². The fraction of sp³-hybridized carbons (Fsp3) is 0.417. The van der Waals surface area contributed by atoms with Crippen LogP contribution < -0.4 is 15.8 Å². The number of rotatable bonds is 6. The van der Waals surface area contributed by atoms with Crippen LogP contribution in [0.1, 0.15) is 6.92 Å². The summed E-state index contributed by atoms with van der Waals surface area (Å²) in [5.74, 6) is -1.92. The maximum absolute atomic E-state index is 13.2. The predicted octanol–water partition coefficient (Wildman–Crippen LogP) is 1.05. The maximum atomic E-state index is 13.2. The molecule has 1 atom stereocenters. The Kier molecular flexibility index (Phi) is 5.51. The molecule has 1 amide bonds. The van der Waals surface area contributed by atoms with Crippen molar-refractivity contribution in [2.75, 3.05) is 19.7 Å². The van der Waals surface area contributed by atoms with Gasteiger partial charge in [-0.1, -0.05) is 6.92 Å². The largest absolute Gasteiger partial charge is 0.489 e. The maximum Gasteiger partial charge on any atom is 0.224 e. The summed E-state index contributed by atoms with van der Waals surface area (Å²) in [5, 5.41) is 2.59. The van der Waals surface area contributed by atoms with Gasteiger partial charge in [0.15, 0.2) is 11.6 Å². The summed E-state index contributed by atoms with van der Waals surface area (Å²) in [6.07, 6.45) is 0. The number of carbonyl (C=O) groups excluding carboxylic acids is 1. The number of halogens is 2. The number of ether oxygens (including phenoxy) is 1. The van der Waals surface area contributed by atoms with Gasteiger partial charge in [-0.25, -0.2) is 8.78 Å². The highest BCUT2D eigenvalue weighted by Gasteiger charge is 2.10. The van der Waals surface area contributed by atoms with Crippen LogP contribution in [0.15, 0.2) is 18.2 Å². The van der Waals surface area contributed by atoms with E-state index >= 15 is 0 Å². The molecule has 0 bridgehead atoms. The Bertz CT molecular complexity index is 413. The second kappa shape index (κ2) is 6.90. The third-order valence-corrected chi connectivity index (χ3v) is 2.35. The summed E-state index contributed by atoms with van der Waals surface area (Å²) in [6.45, 7) is 2.31. The van der Waals surface area contributed by atoms with Crippen LogP contribution in [0.4, 0.5) is 8.78 Å². The lowest BCUT2D eigenvalue weighted by atomic mass is 10.2. The number of nitrogens with one attached hydrogen (secondary N) is 1. The van der Waals surface area contributed by atoms with Gasteiger partial charge >= 0.3 is 0 Å². The molecule has 0 aromatic heterocycles. The van der Waals surface area contributed by atoms with Crippen LogP contribution in [0.25, 0.3) is 0 Å². The van der Waals surface area contributed by atoms with Gasteiger partial charge in [-0.2, -0.15) is 0 Å². The van der Waals surface area contributed by atoms with Crippen molar-refractivity contribution in [2.45, 2.75) is 6.92 Å². The molecule has 0 heterocycles. The van der Waals surface area contributed by atoms with Gasteiger partial charge in [0.1, 0.15) is 12.4 Å². The molecule has 6 heteroatoms. The van der Waals surface area contributed by atoms with Crippen LogP contribution in [-0.2, 0) is 4.79 Å². The number of carbonyl (C=O) groups is 1. The number of hydrogen-bond acceptors (Lipinski definition) is 3. The molecule has 100 valence electrons. The van der Waals surface area contributed by atoms with Crippen molar-refractivity contribution in [3.8, 4) is 5.75 Å². The Labute approximate surface area is 104 Å². The highest BCUT2D eigenvalue weighted by atomic mass is 19.1. The Morgan fingerprint density at radius 2 is 2.22 bits per heavy atom. The molecule has 0 saturated heterocycles. The van der Waals surface area contributed by atoms with Crippen LogP contribution in [0, 0.1) is 17.6 Å². The van der Waals surface area contributed by atoms with Gasteiger partial charge in [0.25, 0.3) is 0 Å². The van der Waals surface area contributed by atoms with Crippen molar-refractivity contribution in [2.24, 2.45) is 11.7 Å². The Balaban J connectivity index is 2.32. The van der Waals surface area contributed by atoms with E-state index in [4.69, 9.17) is 10.5 Å². The lowest BCUT2D eigenvalue weighted by Gasteiger charge is -2.11. The standard InChI is InChI=1S/C12H16F2N2O2/c1-8(7-15)12(17)16-4-5-18-11-3-2-9(13)6-10(11)14/h2-3,6,8H,4-5,7,15H2,1H3,(H,16,17). The first-order valence-electron chi connectivity index (χ1n) is 5.60. The van der Waals surface area contributed by atoms with Crippen molar-refractivity contribution in [1.29, 1.82) is 0 Å². The zero-order valence-electron chi connectivity index (χ0n) is 10.1. The molecule has 18 heavy (non-hydrogen) atoms. The van der Waals surface area contributed by atoms with Crippen molar-refractivity contribution in [1.82, 2.24) is 5.32 Å². The van der Waals surface area contributed by atoms with E-state index in [-0.39, 0.29) is 37.3 Å². The zero-order valence-corrected chi connectivity index (χ0v) is 10.1. The number of nitrogens with two attached hydrogens (primary N) is 1. The second-order valence-corrected chi connectivity index (χ2v) is 3.85. The number of hydrogen-bond donors (Lipinski definition) is 2. The van der Waals surface area contributed by atoms with E-state index in [9.17, 15) is 13.6 Å². The molecule has 1 aromatic rings. The van der Waals surface area contributed by atoms with Crippen LogP contribution >= 0.6 is 0 Å². The number of benzene rings is 1. The van der Waals surface area contributed by atoms with Crippen LogP contribution in [0.2, 0.25) is 0 Å². The van der Waals surface area contributed by atoms with Gasteiger partial charge in [0.05, 0.1) is 6.54 Å². The highest BCUT2D eigenvalue weighted by Crippen LogP contribution is 2.17. The van der Waals surface area contributed by atoms with E-state index in [0.29, 0.717) is 0 Å². The van der Waals surface area contributed by atoms with E-state index < -0.39 is 11.6 Å². The Morgan fingerprint density at radius 3 is 2.83 bits per heavy atom. The predicted molar refractivity (Wildman–Crippen MR) is 63.1 cm³/mol. The van der Waals surface area contributed by atoms with Crippen LogP contribution in [-0.4, -0.2) is 25.6 Å². The highest BCUT2D eigenvalue weighted by molar-refractivity contribution is 5.78. The quantitative estimate of drug-likeness (QED) is 0.750. The molecule has 4 nitrogen and oxygen atoms in total. The molecule has 0 spiro atoms. The van der Waals surface area contributed by atoms with Crippen LogP contribution in [0.5, 0.6) is 5.75 Å². The fourth-order valence-corrected chi connectivity index (χ4v) is 1.21. The van der Waals surface area contributed by atoms with Crippen LogP contribution in [0.3, 0.4) is 0 Å². The molecular weight excluding hydrogens is 242 g/mol. The Morgan fingerprint density at radius 1 is 1.50 bits per heavy atom. The SMILES string of the molecule is CC(CN)C(=O)NCCOc1ccc(F)cc1F. The molecule has 1 rings (SSSR count). The van der Waals surface area contributed by atoms with Gasteiger partial charge in [-0.15, -0.1) is 0 Å². The first kappa shape index (κ1) is 14.4. The summed E-state index contributed by atoms with van der Waals surface area (Å²) in [4.78, 5) is 11.3. The third kappa shape index (κ3) is 4.29. The zero-order chi connectivity index (χ0) is 13.5. The molecule has 1 unspecified atom stereocenters. The average molecular weight is 258 g/mol. The minimum absolute atomic E-state index is 0.0440. The Hall–Kier alpha value is -1.69. The normalized spacial score (nSPS) is 12.0. The number of amides is 1. The first-order valence-corrected chi connectivity index (χ1v) is 5.60. The van der Waals surface area contributed by atoms with E-state index in [0.717, 1.165) is 12.1 Å². The smallest absolute Gasteiger partial charge is 0.224 e. The van der Waals surface area contributed by atoms with Crippen molar-refractivity contribution in [3.05, 3.63) is 29.8 Å². The van der Waals surface area contributed by atoms with Crippen molar-refractivity contribution >= 4 is 5.91 Å². The van der Waals surface area contributed by atoms with E-state index in [1.165, 1.54) is 6.07 Å². The average Bonchev–Trinajstić information content (AvgIpc) is 2.35. The lowest BCUT2D eigenvalue weighted by molar-refractivity contribution is -0.124. The summed E-state index contributed by atoms with van der Waals surface area (Å²) >= 11 is 0. The topological polar surface area (TPSA) is 64.4 Å². The summed E-state index contributed by atoms with van der Waals surface area (Å²) in [6, 6.07) is 3.05. The lowest BCUT2D eigenvalue weighted by Crippen LogP contribution is -2.35. The van der Waals surface area contributed by atoms with E-state index in [1.54, 1.807) is 6.92 Å². The van der Waals surface area contributed by atoms with E-state index in [1.807, 2.05) is 0 Å². The first-order chi connectivity index (χ1) is 8.54. The molecule has 0 saturated carbocycles. The van der Waals surface area contributed by atoms with Gasteiger partial charge in [0.2, 0.25) is 5.91 Å². The molecule has 0 radical (unpaired) electrons. The summed E-state index contributed by atoms with van der Waals surface area (Å²) in [7, 11) is 0. The van der Waals surface area contributed by atoms with Gasteiger partial charge < -0.3 is 15.8 Å². The van der Waals surface area contributed by atoms with Crippen molar-refractivity contribution < 1.29 is 18.3 Å². The van der Waals surface area contributed by atoms with Crippen molar-refractivity contribution in [3.63, 3.8) is 0 Å². The fourth-order valence-electron chi connectivity index (χ4n) is 1.21. The minimum atomic E-state index is -0.767. The molecule has 0 aliphatic rings. The molecule has 0 fully saturated rings. The molecule has 0 aliphatic heterocycles. The summed E-state index contributed by atoms with van der Waals surface area (Å²) < 4.78 is 30.8. The van der Waals surface area contributed by atoms with Gasteiger partial charge in [0, 0.05) is 18.5 Å².